The van der Waals surface area contributed by atoms with Crippen LogP contribution in [0.1, 0.15) is 23.8 Å². The van der Waals surface area contributed by atoms with Crippen LogP contribution < -0.4 is 0 Å². The molecule has 0 spiro atoms. The lowest BCUT2D eigenvalue weighted by atomic mass is 10.2. The number of hydrogen-bond donors (Lipinski definition) is 0. The van der Waals surface area contributed by atoms with E-state index in [2.05, 4.69) is 4.98 Å². The first-order valence-corrected chi connectivity index (χ1v) is 8.95. The molecule has 3 rings (SSSR count). The van der Waals surface area contributed by atoms with E-state index >= 15 is 0 Å². The Labute approximate surface area is 127 Å². The topological polar surface area (TPSA) is 50.3 Å². The van der Waals surface area contributed by atoms with Gasteiger partial charge in [0.25, 0.3) is 0 Å². The van der Waals surface area contributed by atoms with E-state index in [1.54, 1.807) is 15.6 Å². The fraction of sp³-hybridized carbons (Fsp3) is 0.308. The minimum Gasteiger partial charge on any atom is -0.243 e. The van der Waals surface area contributed by atoms with Gasteiger partial charge < -0.3 is 0 Å². The van der Waals surface area contributed by atoms with Gasteiger partial charge in [-0.05, 0) is 36.4 Å². The molecule has 0 aliphatic carbocycles. The molecule has 4 nitrogen and oxygen atoms in total. The van der Waals surface area contributed by atoms with Crippen molar-refractivity contribution in [2.24, 2.45) is 0 Å². The Hall–Kier alpha value is -0.950. The zero-order chi connectivity index (χ0) is 14.2. The molecular weight excluding hydrogens is 316 g/mol. The molecule has 1 aliphatic rings. The van der Waals surface area contributed by atoms with Crippen molar-refractivity contribution in [3.63, 3.8) is 0 Å². The summed E-state index contributed by atoms with van der Waals surface area (Å²) in [7, 11) is -3.51. The molecule has 106 valence electrons. The number of hydrogen-bond acceptors (Lipinski definition) is 4. The molecule has 0 saturated carbocycles. The van der Waals surface area contributed by atoms with Crippen molar-refractivity contribution < 1.29 is 8.42 Å². The van der Waals surface area contributed by atoms with Gasteiger partial charge in [0.15, 0.2) is 0 Å². The normalized spacial score (nSPS) is 20.4. The van der Waals surface area contributed by atoms with Crippen molar-refractivity contribution >= 4 is 33.0 Å². The van der Waals surface area contributed by atoms with E-state index < -0.39 is 10.0 Å². The molecule has 0 bridgehead atoms. The molecule has 1 saturated heterocycles. The monoisotopic (exact) mass is 328 g/mol. The van der Waals surface area contributed by atoms with Gasteiger partial charge >= 0.3 is 0 Å². The number of halogens is 1. The van der Waals surface area contributed by atoms with Crippen molar-refractivity contribution in [3.05, 3.63) is 45.9 Å². The van der Waals surface area contributed by atoms with Crippen molar-refractivity contribution in [2.75, 3.05) is 6.54 Å². The van der Waals surface area contributed by atoms with Crippen LogP contribution in [0.2, 0.25) is 5.15 Å². The summed E-state index contributed by atoms with van der Waals surface area (Å²) in [5.74, 6) is 0. The summed E-state index contributed by atoms with van der Waals surface area (Å²) in [6.45, 7) is 0.549. The van der Waals surface area contributed by atoms with Crippen LogP contribution >= 0.6 is 22.9 Å². The summed E-state index contributed by atoms with van der Waals surface area (Å²) >= 11 is 7.31. The van der Waals surface area contributed by atoms with E-state index in [-0.39, 0.29) is 10.9 Å². The van der Waals surface area contributed by atoms with Crippen molar-refractivity contribution in [3.8, 4) is 0 Å². The van der Waals surface area contributed by atoms with E-state index in [0.717, 1.165) is 17.7 Å². The zero-order valence-electron chi connectivity index (χ0n) is 10.6. The molecule has 0 N–H and O–H groups in total. The Bertz CT molecular complexity index is 684. The van der Waals surface area contributed by atoms with E-state index in [0.29, 0.717) is 11.7 Å². The average molecular weight is 329 g/mol. The van der Waals surface area contributed by atoms with E-state index in [9.17, 15) is 8.42 Å². The summed E-state index contributed by atoms with van der Waals surface area (Å²) in [4.78, 5) is 5.16. The molecule has 0 radical (unpaired) electrons. The highest BCUT2D eigenvalue weighted by molar-refractivity contribution is 7.89. The summed E-state index contributed by atoms with van der Waals surface area (Å²) < 4.78 is 27.0. The van der Waals surface area contributed by atoms with Gasteiger partial charge in [-0.3, -0.25) is 0 Å². The molecule has 0 aromatic carbocycles. The third kappa shape index (κ3) is 2.48. The van der Waals surface area contributed by atoms with Gasteiger partial charge in [0.1, 0.15) is 10.0 Å². The average Bonchev–Trinajstić information content (AvgIpc) is 3.10. The largest absolute Gasteiger partial charge is 0.245 e. The molecule has 1 atom stereocenters. The smallest absolute Gasteiger partial charge is 0.243 e. The van der Waals surface area contributed by atoms with Gasteiger partial charge in [0.05, 0.1) is 6.04 Å². The quantitative estimate of drug-likeness (QED) is 0.812. The summed E-state index contributed by atoms with van der Waals surface area (Å²) in [6.07, 6.45) is 3.06. The number of sulfonamides is 1. The molecule has 7 heteroatoms. The number of rotatable bonds is 3. The highest BCUT2D eigenvalue weighted by Gasteiger charge is 2.36. The van der Waals surface area contributed by atoms with Crippen LogP contribution in [0, 0.1) is 0 Å². The molecule has 3 heterocycles. The van der Waals surface area contributed by atoms with Crippen molar-refractivity contribution in [2.45, 2.75) is 23.8 Å². The maximum atomic E-state index is 12.7. The molecular formula is C13H13ClN2O2S2. The van der Waals surface area contributed by atoms with E-state index in [1.165, 1.54) is 18.3 Å². The number of nitrogens with zero attached hydrogens (tertiary/aromatic N) is 2. The van der Waals surface area contributed by atoms with E-state index in [4.69, 9.17) is 11.6 Å². The molecule has 0 amide bonds. The number of aromatic nitrogens is 1. The lowest BCUT2D eigenvalue weighted by Gasteiger charge is -2.23. The molecule has 1 fully saturated rings. The zero-order valence-corrected chi connectivity index (χ0v) is 13.0. The summed E-state index contributed by atoms with van der Waals surface area (Å²) in [6, 6.07) is 6.89. The lowest BCUT2D eigenvalue weighted by Crippen LogP contribution is -2.30. The minimum atomic E-state index is -3.51. The van der Waals surface area contributed by atoms with Gasteiger partial charge in [-0.25, -0.2) is 13.4 Å². The van der Waals surface area contributed by atoms with Gasteiger partial charge in [-0.1, -0.05) is 17.7 Å². The summed E-state index contributed by atoms with van der Waals surface area (Å²) in [5.41, 5.74) is 0. The van der Waals surface area contributed by atoms with Crippen LogP contribution in [0.5, 0.6) is 0 Å². The van der Waals surface area contributed by atoms with Gasteiger partial charge in [0.2, 0.25) is 10.0 Å². The van der Waals surface area contributed by atoms with Crippen LogP contribution in [-0.4, -0.2) is 24.3 Å². The van der Waals surface area contributed by atoms with Gasteiger partial charge in [-0.2, -0.15) is 4.31 Å². The third-order valence-corrected chi connectivity index (χ3v) is 6.47. The van der Waals surface area contributed by atoms with Crippen LogP contribution in [0.4, 0.5) is 0 Å². The Balaban J connectivity index is 1.96. The SMILES string of the molecule is O=S(=O)(c1ccc(Cl)nc1)N1CCCC1c1cccs1. The first-order chi connectivity index (χ1) is 9.59. The number of thiophene rings is 1. The summed E-state index contributed by atoms with van der Waals surface area (Å²) in [5, 5.41) is 2.27. The second-order valence-corrected chi connectivity index (χ2v) is 7.86. The second kappa shape index (κ2) is 5.44. The van der Waals surface area contributed by atoms with Crippen LogP contribution in [0.25, 0.3) is 0 Å². The van der Waals surface area contributed by atoms with Crippen LogP contribution in [0.15, 0.2) is 40.7 Å². The molecule has 1 unspecified atom stereocenters. The molecule has 2 aromatic rings. The molecule has 2 aromatic heterocycles. The maximum absolute atomic E-state index is 12.7. The fourth-order valence-electron chi connectivity index (χ4n) is 2.44. The second-order valence-electron chi connectivity index (χ2n) is 4.61. The standard InChI is InChI=1S/C13H13ClN2O2S2/c14-13-6-5-10(9-15-13)20(17,18)16-7-1-3-11(16)12-4-2-8-19-12/h2,4-6,8-9,11H,1,3,7H2. The lowest BCUT2D eigenvalue weighted by molar-refractivity contribution is 0.401. The highest BCUT2D eigenvalue weighted by Crippen LogP contribution is 2.38. The molecule has 1 aliphatic heterocycles. The molecule has 20 heavy (non-hydrogen) atoms. The predicted octanol–water partition coefficient (Wildman–Crippen LogP) is 3.32. The van der Waals surface area contributed by atoms with Crippen LogP contribution in [0.3, 0.4) is 0 Å². The number of pyridine rings is 1. The van der Waals surface area contributed by atoms with E-state index in [1.807, 2.05) is 17.5 Å². The first kappa shape index (κ1) is 14.0. The minimum absolute atomic E-state index is 0.0596. The Kier molecular flexibility index (Phi) is 3.81. The van der Waals surface area contributed by atoms with Gasteiger partial charge in [-0.15, -0.1) is 11.3 Å². The Morgan fingerprint density at radius 3 is 2.85 bits per heavy atom. The maximum Gasteiger partial charge on any atom is 0.245 e. The Morgan fingerprint density at radius 2 is 2.20 bits per heavy atom. The first-order valence-electron chi connectivity index (χ1n) is 6.26. The van der Waals surface area contributed by atoms with Crippen molar-refractivity contribution in [1.82, 2.24) is 9.29 Å². The predicted molar refractivity (Wildman–Crippen MR) is 79.4 cm³/mol. The van der Waals surface area contributed by atoms with Crippen LogP contribution in [-0.2, 0) is 10.0 Å². The van der Waals surface area contributed by atoms with Crippen molar-refractivity contribution in [1.29, 1.82) is 0 Å². The third-order valence-electron chi connectivity index (χ3n) is 3.38. The van der Waals surface area contributed by atoms with Gasteiger partial charge in [0, 0.05) is 17.6 Å². The highest BCUT2D eigenvalue weighted by atomic mass is 35.5. The fourth-order valence-corrected chi connectivity index (χ4v) is 5.12. The Morgan fingerprint density at radius 1 is 1.35 bits per heavy atom.